The molecule has 2 aromatic heterocycles. The minimum Gasteiger partial charge on any atom is -0.382 e. The van der Waals surface area contributed by atoms with Gasteiger partial charge in [-0.2, -0.15) is 5.10 Å². The lowest BCUT2D eigenvalue weighted by Gasteiger charge is -2.25. The summed E-state index contributed by atoms with van der Waals surface area (Å²) in [5.41, 5.74) is 4.08. The molecule has 3 aromatic rings. The number of fused-ring (bicyclic) bond motifs is 1. The van der Waals surface area contributed by atoms with E-state index in [1.165, 1.54) is 32.1 Å². The van der Waals surface area contributed by atoms with Crippen LogP contribution in [0.3, 0.4) is 0 Å². The zero-order chi connectivity index (χ0) is 16.5. The molecule has 2 heterocycles. The third-order valence-electron chi connectivity index (χ3n) is 5.04. The zero-order valence-corrected chi connectivity index (χ0v) is 13.9. The molecule has 1 aliphatic carbocycles. The second-order valence-corrected chi connectivity index (χ2v) is 6.65. The molecule has 24 heavy (non-hydrogen) atoms. The quantitative estimate of drug-likeness (QED) is 0.773. The van der Waals surface area contributed by atoms with Gasteiger partial charge in [-0.15, -0.1) is 0 Å². The van der Waals surface area contributed by atoms with Crippen LogP contribution < -0.4 is 10.9 Å². The van der Waals surface area contributed by atoms with Crippen molar-refractivity contribution in [3.63, 3.8) is 0 Å². The summed E-state index contributed by atoms with van der Waals surface area (Å²) in [5, 5.41) is 11.6. The van der Waals surface area contributed by atoms with Crippen molar-refractivity contribution >= 4 is 16.6 Å². The minimum absolute atomic E-state index is 0.0249. The average Bonchev–Trinajstić information content (AvgIpc) is 3.14. The highest BCUT2D eigenvalue weighted by molar-refractivity contribution is 5.94. The fraction of sp³-hybridized carbons (Fsp3) is 0.368. The highest BCUT2D eigenvalue weighted by Crippen LogP contribution is 2.29. The van der Waals surface area contributed by atoms with Gasteiger partial charge in [0.25, 0.3) is 5.56 Å². The molecule has 5 heteroatoms. The molecule has 0 spiro atoms. The Balaban J connectivity index is 1.82. The Bertz CT molecular complexity index is 905. The first-order chi connectivity index (χ1) is 11.7. The number of nitrogens with one attached hydrogen (secondary N) is 2. The summed E-state index contributed by atoms with van der Waals surface area (Å²) in [4.78, 5) is 12.3. The number of hydrogen-bond donors (Lipinski definition) is 2. The molecule has 0 atom stereocenters. The maximum absolute atomic E-state index is 12.3. The first-order valence-electron chi connectivity index (χ1n) is 8.62. The van der Waals surface area contributed by atoms with E-state index in [9.17, 15) is 4.79 Å². The van der Waals surface area contributed by atoms with E-state index in [0.717, 1.165) is 27.7 Å². The molecule has 0 saturated heterocycles. The summed E-state index contributed by atoms with van der Waals surface area (Å²) < 4.78 is 1.71. The number of aryl methyl sites for hydroxylation is 1. The number of benzene rings is 1. The van der Waals surface area contributed by atoms with Crippen LogP contribution in [0.4, 0.5) is 5.69 Å². The van der Waals surface area contributed by atoms with Crippen LogP contribution in [0.25, 0.3) is 22.0 Å². The van der Waals surface area contributed by atoms with Crippen molar-refractivity contribution in [2.24, 2.45) is 7.05 Å². The number of aromatic nitrogens is 3. The maximum Gasteiger partial charge on any atom is 0.252 e. The van der Waals surface area contributed by atoms with E-state index in [-0.39, 0.29) is 5.56 Å². The van der Waals surface area contributed by atoms with Crippen LogP contribution in [0.1, 0.15) is 32.1 Å². The molecule has 1 aliphatic rings. The van der Waals surface area contributed by atoms with Crippen molar-refractivity contribution in [2.45, 2.75) is 38.1 Å². The number of anilines is 1. The zero-order valence-electron chi connectivity index (χ0n) is 13.9. The van der Waals surface area contributed by atoms with Gasteiger partial charge in [-0.05, 0) is 30.5 Å². The molecule has 124 valence electrons. The van der Waals surface area contributed by atoms with Gasteiger partial charge in [-0.25, -0.2) is 0 Å². The van der Waals surface area contributed by atoms with Crippen molar-refractivity contribution in [3.8, 4) is 11.1 Å². The Kier molecular flexibility index (Phi) is 3.84. The van der Waals surface area contributed by atoms with Gasteiger partial charge in [0, 0.05) is 42.0 Å². The molecule has 0 aliphatic heterocycles. The van der Waals surface area contributed by atoms with Gasteiger partial charge in [0.15, 0.2) is 0 Å². The molecule has 1 aromatic carbocycles. The molecular weight excluding hydrogens is 300 g/mol. The number of hydrogen-bond acceptors (Lipinski definition) is 3. The van der Waals surface area contributed by atoms with Crippen LogP contribution >= 0.6 is 0 Å². The second kappa shape index (κ2) is 6.15. The lowest BCUT2D eigenvalue weighted by atomic mass is 9.95. The van der Waals surface area contributed by atoms with Crippen LogP contribution in [-0.2, 0) is 7.05 Å². The summed E-state index contributed by atoms with van der Waals surface area (Å²) in [6.07, 6.45) is 9.91. The van der Waals surface area contributed by atoms with Crippen LogP contribution in [-0.4, -0.2) is 20.8 Å². The summed E-state index contributed by atoms with van der Waals surface area (Å²) in [7, 11) is 1.83. The summed E-state index contributed by atoms with van der Waals surface area (Å²) in [6, 6.07) is 8.40. The maximum atomic E-state index is 12.3. The topological polar surface area (TPSA) is 62.7 Å². The predicted octanol–water partition coefficient (Wildman–Crippen LogP) is 3.67. The highest BCUT2D eigenvalue weighted by Gasteiger charge is 2.16. The van der Waals surface area contributed by atoms with Gasteiger partial charge in [-0.3, -0.25) is 9.89 Å². The van der Waals surface area contributed by atoms with Gasteiger partial charge in [0.2, 0.25) is 0 Å². The van der Waals surface area contributed by atoms with Crippen LogP contribution in [0, 0.1) is 0 Å². The average molecular weight is 322 g/mol. The van der Waals surface area contributed by atoms with Crippen LogP contribution in [0.15, 0.2) is 41.5 Å². The molecule has 2 N–H and O–H groups in total. The Morgan fingerprint density at radius 3 is 2.75 bits per heavy atom. The Labute approximate surface area is 140 Å². The first-order valence-corrected chi connectivity index (χ1v) is 8.62. The van der Waals surface area contributed by atoms with Crippen molar-refractivity contribution in [1.29, 1.82) is 0 Å². The van der Waals surface area contributed by atoms with E-state index in [2.05, 4.69) is 21.6 Å². The van der Waals surface area contributed by atoms with E-state index in [4.69, 9.17) is 0 Å². The lowest BCUT2D eigenvalue weighted by Crippen LogP contribution is -2.24. The van der Waals surface area contributed by atoms with Gasteiger partial charge >= 0.3 is 0 Å². The van der Waals surface area contributed by atoms with Crippen molar-refractivity contribution < 1.29 is 0 Å². The largest absolute Gasteiger partial charge is 0.382 e. The molecule has 0 radical (unpaired) electrons. The standard InChI is InChI=1S/C19H22N4O/c1-23-18-8-7-13(14-11-20-21-12-14)9-16(18)17(10-19(23)24)22-15-5-3-2-4-6-15/h7-12,15,22H,2-6H2,1H3,(H,20,21). The van der Waals surface area contributed by atoms with E-state index in [0.29, 0.717) is 6.04 Å². The van der Waals surface area contributed by atoms with Gasteiger partial charge in [0.1, 0.15) is 0 Å². The number of aromatic amines is 1. The monoisotopic (exact) mass is 322 g/mol. The molecular formula is C19H22N4O. The predicted molar refractivity (Wildman–Crippen MR) is 97.3 cm³/mol. The second-order valence-electron chi connectivity index (χ2n) is 6.65. The number of rotatable bonds is 3. The Morgan fingerprint density at radius 1 is 1.17 bits per heavy atom. The van der Waals surface area contributed by atoms with Gasteiger partial charge in [0.05, 0.1) is 11.7 Å². The first kappa shape index (κ1) is 15.0. The molecule has 4 rings (SSSR count). The third-order valence-corrected chi connectivity index (χ3v) is 5.04. The molecule has 1 fully saturated rings. The SMILES string of the molecule is Cn1c(=O)cc(NC2CCCCC2)c2cc(-c3cn[nH]c3)ccc21. The Hall–Kier alpha value is -2.56. The lowest BCUT2D eigenvalue weighted by molar-refractivity contribution is 0.463. The van der Waals surface area contributed by atoms with Crippen molar-refractivity contribution in [1.82, 2.24) is 14.8 Å². The highest BCUT2D eigenvalue weighted by atomic mass is 16.1. The van der Waals surface area contributed by atoms with E-state index < -0.39 is 0 Å². The number of H-pyrrole nitrogens is 1. The van der Waals surface area contributed by atoms with E-state index in [1.54, 1.807) is 10.6 Å². The summed E-state index contributed by atoms with van der Waals surface area (Å²) >= 11 is 0. The van der Waals surface area contributed by atoms with Crippen LogP contribution in [0.2, 0.25) is 0 Å². The fourth-order valence-electron chi connectivity index (χ4n) is 3.64. The van der Waals surface area contributed by atoms with Crippen molar-refractivity contribution in [3.05, 3.63) is 47.0 Å². The minimum atomic E-state index is 0.0249. The normalized spacial score (nSPS) is 15.7. The molecule has 0 unspecified atom stereocenters. The van der Waals surface area contributed by atoms with Crippen molar-refractivity contribution in [2.75, 3.05) is 5.32 Å². The van der Waals surface area contributed by atoms with E-state index >= 15 is 0 Å². The Morgan fingerprint density at radius 2 is 2.00 bits per heavy atom. The van der Waals surface area contributed by atoms with Crippen LogP contribution in [0.5, 0.6) is 0 Å². The molecule has 5 nitrogen and oxygen atoms in total. The molecule has 0 amide bonds. The van der Waals surface area contributed by atoms with Gasteiger partial charge in [-0.1, -0.05) is 25.3 Å². The summed E-state index contributed by atoms with van der Waals surface area (Å²) in [6.45, 7) is 0. The molecule has 1 saturated carbocycles. The molecule has 0 bridgehead atoms. The van der Waals surface area contributed by atoms with Gasteiger partial charge < -0.3 is 9.88 Å². The smallest absolute Gasteiger partial charge is 0.252 e. The fourth-order valence-corrected chi connectivity index (χ4v) is 3.64. The number of nitrogens with zero attached hydrogens (tertiary/aromatic N) is 2. The van der Waals surface area contributed by atoms with E-state index in [1.807, 2.05) is 31.6 Å². The number of pyridine rings is 1. The summed E-state index contributed by atoms with van der Waals surface area (Å²) in [5.74, 6) is 0. The third kappa shape index (κ3) is 2.70.